The molecule has 0 aliphatic heterocycles. The highest BCUT2D eigenvalue weighted by atomic mass is 35.5. The Labute approximate surface area is 244 Å². The van der Waals surface area contributed by atoms with Gasteiger partial charge in [0.25, 0.3) is 5.97 Å². The van der Waals surface area contributed by atoms with Crippen LogP contribution in [-0.4, -0.2) is 121 Å². The fourth-order valence-corrected chi connectivity index (χ4v) is 1.37. The van der Waals surface area contributed by atoms with E-state index in [2.05, 4.69) is 4.74 Å². The minimum Gasteiger partial charge on any atom is -0.481 e. The molecular formula is C21H53Cl5O10. The molecule has 0 bridgehead atoms. The molecule has 0 aliphatic carbocycles. The number of hydrogen-bond acceptors (Lipinski definition) is 9. The van der Waals surface area contributed by atoms with Gasteiger partial charge in [0.15, 0.2) is 0 Å². The maximum Gasteiger partial charge on any atom is 0.302 e. The van der Waals surface area contributed by atoms with E-state index in [-0.39, 0.29) is 98.4 Å². The van der Waals surface area contributed by atoms with Crippen LogP contribution in [0, 0.1) is 0 Å². The van der Waals surface area contributed by atoms with Gasteiger partial charge in [-0.05, 0) is 0 Å². The Morgan fingerprint density at radius 3 is 0.889 bits per heavy atom. The first-order valence-corrected chi connectivity index (χ1v) is 11.1. The quantitative estimate of drug-likeness (QED) is 0.145. The van der Waals surface area contributed by atoms with Gasteiger partial charge >= 0.3 is 5.97 Å². The van der Waals surface area contributed by atoms with Gasteiger partial charge in [-0.1, -0.05) is 37.1 Å². The van der Waals surface area contributed by atoms with Crippen molar-refractivity contribution in [2.75, 3.05) is 49.2 Å². The van der Waals surface area contributed by atoms with E-state index in [0.717, 1.165) is 6.92 Å². The summed E-state index contributed by atoms with van der Waals surface area (Å²) in [7, 11) is 0. The second-order valence-electron chi connectivity index (χ2n) is 5.03. The zero-order chi connectivity index (χ0) is 25.8. The predicted octanol–water partition coefficient (Wildman–Crippen LogP) is 3.40. The van der Waals surface area contributed by atoms with Crippen molar-refractivity contribution in [3.05, 3.63) is 0 Å². The van der Waals surface area contributed by atoms with Gasteiger partial charge in [-0.2, -0.15) is 0 Å². The number of carboxylic acid groups (broad SMARTS) is 1. The Balaban J connectivity index is -0.0000000289. The Hall–Kier alpha value is 0.150. The Morgan fingerprint density at radius 2 is 0.861 bits per heavy atom. The lowest BCUT2D eigenvalue weighted by molar-refractivity contribution is -0.144. The maximum absolute atomic E-state index is 10.2. The molecule has 15 heteroatoms. The molecule has 0 saturated heterocycles. The molecule has 1 atom stereocenters. The van der Waals surface area contributed by atoms with Gasteiger partial charge in [-0.15, -0.1) is 58.0 Å². The molecule has 0 aromatic carbocycles. The van der Waals surface area contributed by atoms with Crippen molar-refractivity contribution < 1.29 is 50.1 Å². The third-order valence-corrected chi connectivity index (χ3v) is 3.60. The van der Waals surface area contributed by atoms with E-state index in [1.165, 1.54) is 6.92 Å². The van der Waals surface area contributed by atoms with Crippen LogP contribution in [0.5, 0.6) is 0 Å². The molecule has 36 heavy (non-hydrogen) atoms. The zero-order valence-corrected chi connectivity index (χ0v) is 21.0. The lowest BCUT2D eigenvalue weighted by Gasteiger charge is -2.08. The second kappa shape index (κ2) is 55.6. The largest absolute Gasteiger partial charge is 0.481 e. The van der Waals surface area contributed by atoms with Crippen molar-refractivity contribution in [1.82, 2.24) is 0 Å². The van der Waals surface area contributed by atoms with Crippen LogP contribution in [0.4, 0.5) is 0 Å². The molecule has 0 amide bonds. The van der Waals surface area contributed by atoms with Gasteiger partial charge in [-0.3, -0.25) is 9.59 Å². The van der Waals surface area contributed by atoms with Crippen LogP contribution in [0.1, 0.15) is 51.0 Å². The average molecular weight is 643 g/mol. The lowest BCUT2D eigenvalue weighted by Crippen LogP contribution is -2.19. The first-order valence-electron chi connectivity index (χ1n) is 8.40. The van der Waals surface area contributed by atoms with Crippen molar-refractivity contribution in [2.24, 2.45) is 0 Å². The van der Waals surface area contributed by atoms with Crippen LogP contribution in [0.2, 0.25) is 0 Å². The van der Waals surface area contributed by atoms with Gasteiger partial charge in [0.05, 0.1) is 49.7 Å². The van der Waals surface area contributed by atoms with Crippen molar-refractivity contribution in [3.63, 3.8) is 0 Å². The molecule has 0 radical (unpaired) electrons. The minimum atomic E-state index is -0.954. The number of esters is 1. The van der Waals surface area contributed by atoms with E-state index in [1.807, 2.05) is 0 Å². The SMILES string of the molecule is C.C.C.C.C.CC(=O)O.CC(=O)OC(CCl)CCl.OC(CCl)CCl.OCC(O)CCl.OCC(O)CO. The van der Waals surface area contributed by atoms with Crippen LogP contribution in [0.15, 0.2) is 0 Å². The van der Waals surface area contributed by atoms with E-state index in [1.54, 1.807) is 0 Å². The number of rotatable bonds is 9. The van der Waals surface area contributed by atoms with Gasteiger partial charge in [0, 0.05) is 25.6 Å². The Morgan fingerprint density at radius 1 is 0.611 bits per heavy atom. The van der Waals surface area contributed by atoms with Crippen molar-refractivity contribution in [1.29, 1.82) is 0 Å². The lowest BCUT2D eigenvalue weighted by atomic mass is 10.4. The van der Waals surface area contributed by atoms with Crippen LogP contribution >= 0.6 is 58.0 Å². The standard InChI is InChI=1S/C5H8Cl2O2.C3H6Cl2O.C3H7ClO2.C3H8O3.C2H4O2.5CH4/c1-4(8)9-5(2-6)3-7;3*4-1-3(6)2-5;1-2(3)4;;;;;/h5H,2-3H2,1H3;3,6H,1-2H2;3,5-6H,1-2H2;3-6H,1-2H2;1H3,(H,3,4);5*1H4. The monoisotopic (exact) mass is 640 g/mol. The fourth-order valence-electron chi connectivity index (χ4n) is 0.487. The van der Waals surface area contributed by atoms with Gasteiger partial charge < -0.3 is 40.5 Å². The van der Waals surface area contributed by atoms with Crippen LogP contribution in [-0.2, 0) is 14.3 Å². The maximum atomic E-state index is 10.2. The summed E-state index contributed by atoms with van der Waals surface area (Å²) in [5.74, 6) is -0.114. The number of halogens is 5. The summed E-state index contributed by atoms with van der Waals surface area (Å²) in [6.07, 6.45) is -2.57. The fraction of sp³-hybridized carbons (Fsp3) is 0.905. The number of alkyl halides is 5. The highest BCUT2D eigenvalue weighted by molar-refractivity contribution is 6.21. The summed E-state index contributed by atoms with van der Waals surface area (Å²) in [6.45, 7) is 1.43. The average Bonchev–Trinajstić information content (AvgIpc) is 2.76. The molecule has 0 aromatic heterocycles. The summed E-state index contributed by atoms with van der Waals surface area (Å²) in [5.41, 5.74) is 0. The molecule has 0 rings (SSSR count). The predicted molar refractivity (Wildman–Crippen MR) is 155 cm³/mol. The summed E-state index contributed by atoms with van der Waals surface area (Å²) in [6, 6.07) is 0. The first-order chi connectivity index (χ1) is 14.4. The van der Waals surface area contributed by atoms with E-state index in [0.29, 0.717) is 0 Å². The van der Waals surface area contributed by atoms with E-state index < -0.39 is 24.3 Å². The summed E-state index contributed by atoms with van der Waals surface area (Å²) in [4.78, 5) is 19.2. The smallest absolute Gasteiger partial charge is 0.302 e. The molecule has 1 unspecified atom stereocenters. The third kappa shape index (κ3) is 92.4. The first kappa shape index (κ1) is 65.3. The molecule has 0 aromatic rings. The van der Waals surface area contributed by atoms with E-state index in [4.69, 9.17) is 98.5 Å². The molecule has 0 heterocycles. The van der Waals surface area contributed by atoms with E-state index in [9.17, 15) is 4.79 Å². The van der Waals surface area contributed by atoms with Gasteiger partial charge in [0.2, 0.25) is 0 Å². The minimum absolute atomic E-state index is 0. The molecule has 7 N–H and O–H groups in total. The topological polar surface area (TPSA) is 185 Å². The molecule has 0 spiro atoms. The number of ether oxygens (including phenoxy) is 1. The van der Waals surface area contributed by atoms with Crippen molar-refractivity contribution in [3.8, 4) is 0 Å². The number of aliphatic hydroxyl groups excluding tert-OH is 6. The highest BCUT2D eigenvalue weighted by Crippen LogP contribution is 1.98. The number of carbonyl (C=O) groups is 2. The van der Waals surface area contributed by atoms with Crippen molar-refractivity contribution >= 4 is 69.9 Å². The summed E-state index contributed by atoms with van der Waals surface area (Å²) < 4.78 is 4.65. The highest BCUT2D eigenvalue weighted by Gasteiger charge is 2.07. The number of carbonyl (C=O) groups excluding carboxylic acids is 1. The normalized spacial score (nSPS) is 8.89. The second-order valence-corrected chi connectivity index (χ2v) is 6.57. The summed E-state index contributed by atoms with van der Waals surface area (Å²) >= 11 is 26.0. The zero-order valence-electron chi connectivity index (χ0n) is 17.2. The molecule has 232 valence electrons. The Bertz CT molecular complexity index is 330. The molecular weight excluding hydrogens is 589 g/mol. The van der Waals surface area contributed by atoms with Crippen LogP contribution in [0.25, 0.3) is 0 Å². The molecule has 0 saturated carbocycles. The summed E-state index contributed by atoms with van der Waals surface area (Å²) in [5, 5.41) is 56.1. The van der Waals surface area contributed by atoms with Crippen LogP contribution in [0.3, 0.4) is 0 Å². The number of aliphatic carboxylic acids is 1. The Kier molecular flexibility index (Phi) is 101. The van der Waals surface area contributed by atoms with Crippen molar-refractivity contribution in [2.45, 2.75) is 75.4 Å². The molecule has 0 aliphatic rings. The number of aliphatic hydroxyl groups is 6. The molecule has 10 nitrogen and oxygen atoms in total. The van der Waals surface area contributed by atoms with Gasteiger partial charge in [-0.25, -0.2) is 0 Å². The number of hydrogen-bond donors (Lipinski definition) is 7. The van der Waals surface area contributed by atoms with Gasteiger partial charge in [0.1, 0.15) is 12.2 Å². The number of carboxylic acids is 1. The third-order valence-electron chi connectivity index (χ3n) is 1.84. The molecule has 0 fully saturated rings. The van der Waals surface area contributed by atoms with Crippen LogP contribution < -0.4 is 0 Å². The van der Waals surface area contributed by atoms with E-state index >= 15 is 0 Å².